The number of hydrogen-bond acceptors (Lipinski definition) is 2. The summed E-state index contributed by atoms with van der Waals surface area (Å²) in [4.78, 5) is 0. The van der Waals surface area contributed by atoms with Crippen LogP contribution in [0, 0.1) is 0 Å². The van der Waals surface area contributed by atoms with E-state index >= 15 is 0 Å². The highest BCUT2D eigenvalue weighted by molar-refractivity contribution is 5.27. The lowest BCUT2D eigenvalue weighted by Gasteiger charge is -2.28. The maximum atomic E-state index is 5.66. The van der Waals surface area contributed by atoms with Gasteiger partial charge in [0.05, 0.1) is 0 Å². The summed E-state index contributed by atoms with van der Waals surface area (Å²) in [6.45, 7) is 4.46. The molecule has 0 bridgehead atoms. The van der Waals surface area contributed by atoms with Gasteiger partial charge in [-0.25, -0.2) is 0 Å². The minimum absolute atomic E-state index is 0.0294. The molecular weight excluding hydrogens is 234 g/mol. The summed E-state index contributed by atoms with van der Waals surface area (Å²) in [7, 11) is 1.79. The first-order chi connectivity index (χ1) is 9.20. The van der Waals surface area contributed by atoms with Gasteiger partial charge in [0.1, 0.15) is 6.23 Å². The Morgan fingerprint density at radius 1 is 1.11 bits per heavy atom. The van der Waals surface area contributed by atoms with Gasteiger partial charge in [-0.2, -0.15) is 0 Å². The Morgan fingerprint density at radius 3 is 2.42 bits per heavy atom. The second-order valence-electron chi connectivity index (χ2n) is 5.94. The third-order valence-electron chi connectivity index (χ3n) is 4.11. The summed E-state index contributed by atoms with van der Waals surface area (Å²) in [5.74, 6) is 0.562. The average Bonchev–Trinajstić information content (AvgIpc) is 2.46. The molecule has 2 rings (SSSR count). The Bertz CT molecular complexity index is 383. The molecule has 2 heteroatoms. The SMILES string of the molecule is COC(NC1CCCCC1)c1cccc(C(C)C)c1. The van der Waals surface area contributed by atoms with Crippen LogP contribution in [0.5, 0.6) is 0 Å². The van der Waals surface area contributed by atoms with Crippen LogP contribution in [0.3, 0.4) is 0 Å². The van der Waals surface area contributed by atoms with Crippen molar-refractivity contribution in [1.82, 2.24) is 5.32 Å². The van der Waals surface area contributed by atoms with E-state index in [0.717, 1.165) is 0 Å². The molecule has 1 saturated carbocycles. The maximum Gasteiger partial charge on any atom is 0.134 e. The van der Waals surface area contributed by atoms with Crippen LogP contribution in [0.15, 0.2) is 24.3 Å². The summed E-state index contributed by atoms with van der Waals surface area (Å²) in [5.41, 5.74) is 2.63. The fourth-order valence-electron chi connectivity index (χ4n) is 2.86. The van der Waals surface area contributed by atoms with Crippen molar-refractivity contribution in [2.24, 2.45) is 0 Å². The van der Waals surface area contributed by atoms with Crippen molar-refractivity contribution in [3.63, 3.8) is 0 Å². The normalized spacial score (nSPS) is 18.7. The summed E-state index contributed by atoms with van der Waals surface area (Å²) in [5, 5.41) is 3.67. The Labute approximate surface area is 117 Å². The molecule has 2 nitrogen and oxygen atoms in total. The van der Waals surface area contributed by atoms with Crippen molar-refractivity contribution in [3.05, 3.63) is 35.4 Å². The van der Waals surface area contributed by atoms with E-state index in [-0.39, 0.29) is 6.23 Å². The molecule has 1 fully saturated rings. The molecule has 19 heavy (non-hydrogen) atoms. The molecule has 106 valence electrons. The number of ether oxygens (including phenoxy) is 1. The van der Waals surface area contributed by atoms with Crippen molar-refractivity contribution in [2.75, 3.05) is 7.11 Å². The predicted molar refractivity (Wildman–Crippen MR) is 80.3 cm³/mol. The second-order valence-corrected chi connectivity index (χ2v) is 5.94. The van der Waals surface area contributed by atoms with Crippen molar-refractivity contribution >= 4 is 0 Å². The molecule has 0 amide bonds. The molecule has 0 heterocycles. The minimum Gasteiger partial charge on any atom is -0.362 e. The van der Waals surface area contributed by atoms with Crippen LogP contribution in [0.25, 0.3) is 0 Å². The monoisotopic (exact) mass is 261 g/mol. The first kappa shape index (κ1) is 14.5. The third-order valence-corrected chi connectivity index (χ3v) is 4.11. The topological polar surface area (TPSA) is 21.3 Å². The van der Waals surface area contributed by atoms with E-state index in [1.807, 2.05) is 0 Å². The quantitative estimate of drug-likeness (QED) is 0.794. The Hall–Kier alpha value is -0.860. The first-order valence-corrected chi connectivity index (χ1v) is 7.59. The molecule has 1 aliphatic carbocycles. The van der Waals surface area contributed by atoms with Gasteiger partial charge in [0.2, 0.25) is 0 Å². The molecule has 0 spiro atoms. The van der Waals surface area contributed by atoms with Gasteiger partial charge in [0.25, 0.3) is 0 Å². The fraction of sp³-hybridized carbons (Fsp3) is 0.647. The molecule has 1 N–H and O–H groups in total. The maximum absolute atomic E-state index is 5.66. The molecular formula is C17H27NO. The van der Waals surface area contributed by atoms with Crippen LogP contribution in [-0.2, 0) is 4.74 Å². The lowest BCUT2D eigenvalue weighted by atomic mass is 9.94. The highest BCUT2D eigenvalue weighted by Crippen LogP contribution is 2.24. The predicted octanol–water partition coefficient (Wildman–Crippen LogP) is 4.38. The third kappa shape index (κ3) is 4.05. The van der Waals surface area contributed by atoms with Crippen LogP contribution in [0.4, 0.5) is 0 Å². The van der Waals surface area contributed by atoms with E-state index in [1.54, 1.807) is 7.11 Å². The molecule has 1 unspecified atom stereocenters. The van der Waals surface area contributed by atoms with Crippen molar-refractivity contribution in [3.8, 4) is 0 Å². The lowest BCUT2D eigenvalue weighted by molar-refractivity contribution is 0.0573. The number of methoxy groups -OCH3 is 1. The summed E-state index contributed by atoms with van der Waals surface area (Å²) in [6, 6.07) is 9.38. The smallest absolute Gasteiger partial charge is 0.134 e. The van der Waals surface area contributed by atoms with Gasteiger partial charge in [-0.15, -0.1) is 0 Å². The zero-order chi connectivity index (χ0) is 13.7. The molecule has 1 aromatic carbocycles. The zero-order valence-electron chi connectivity index (χ0n) is 12.5. The standard InChI is InChI=1S/C17H27NO/c1-13(2)14-8-7-9-15(12-14)17(19-3)18-16-10-5-4-6-11-16/h7-9,12-13,16-18H,4-6,10-11H2,1-3H3. The highest BCUT2D eigenvalue weighted by atomic mass is 16.5. The van der Waals surface area contributed by atoms with Gasteiger partial charge in [-0.05, 0) is 29.9 Å². The lowest BCUT2D eigenvalue weighted by Crippen LogP contribution is -2.35. The molecule has 0 saturated heterocycles. The summed E-state index contributed by atoms with van der Waals surface area (Å²) < 4.78 is 5.66. The van der Waals surface area contributed by atoms with Gasteiger partial charge in [0, 0.05) is 13.2 Å². The Morgan fingerprint density at radius 2 is 1.79 bits per heavy atom. The first-order valence-electron chi connectivity index (χ1n) is 7.59. The summed E-state index contributed by atoms with van der Waals surface area (Å²) >= 11 is 0. The van der Waals surface area contributed by atoms with Crippen LogP contribution in [0.2, 0.25) is 0 Å². The van der Waals surface area contributed by atoms with Crippen molar-refractivity contribution < 1.29 is 4.74 Å². The van der Waals surface area contributed by atoms with E-state index in [4.69, 9.17) is 4.74 Å². The Balaban J connectivity index is 2.05. The second kappa shape index (κ2) is 7.06. The van der Waals surface area contributed by atoms with Crippen LogP contribution >= 0.6 is 0 Å². The van der Waals surface area contributed by atoms with E-state index in [1.165, 1.54) is 43.2 Å². The minimum atomic E-state index is 0.0294. The molecule has 1 atom stereocenters. The fourth-order valence-corrected chi connectivity index (χ4v) is 2.86. The van der Waals surface area contributed by atoms with E-state index in [0.29, 0.717) is 12.0 Å². The highest BCUT2D eigenvalue weighted by Gasteiger charge is 2.19. The molecule has 1 aliphatic rings. The van der Waals surface area contributed by atoms with Gasteiger partial charge in [-0.1, -0.05) is 57.4 Å². The van der Waals surface area contributed by atoms with E-state index < -0.39 is 0 Å². The number of hydrogen-bond donors (Lipinski definition) is 1. The summed E-state index contributed by atoms with van der Waals surface area (Å²) in [6.07, 6.45) is 6.67. The van der Waals surface area contributed by atoms with Gasteiger partial charge >= 0.3 is 0 Å². The van der Waals surface area contributed by atoms with Crippen LogP contribution < -0.4 is 5.32 Å². The van der Waals surface area contributed by atoms with Gasteiger partial charge < -0.3 is 4.74 Å². The van der Waals surface area contributed by atoms with Crippen molar-refractivity contribution in [1.29, 1.82) is 0 Å². The molecule has 0 aliphatic heterocycles. The van der Waals surface area contributed by atoms with Crippen LogP contribution in [0.1, 0.15) is 69.2 Å². The van der Waals surface area contributed by atoms with Gasteiger partial charge in [-0.3, -0.25) is 5.32 Å². The zero-order valence-corrected chi connectivity index (χ0v) is 12.5. The molecule has 0 aromatic heterocycles. The van der Waals surface area contributed by atoms with Crippen molar-refractivity contribution in [2.45, 2.75) is 64.1 Å². The molecule has 0 radical (unpaired) electrons. The Kier molecular flexibility index (Phi) is 5.41. The molecule has 1 aromatic rings. The number of nitrogens with one attached hydrogen (secondary N) is 1. The van der Waals surface area contributed by atoms with Gasteiger partial charge in [0.15, 0.2) is 0 Å². The number of rotatable bonds is 5. The largest absolute Gasteiger partial charge is 0.362 e. The van der Waals surface area contributed by atoms with E-state index in [9.17, 15) is 0 Å². The van der Waals surface area contributed by atoms with Crippen LogP contribution in [-0.4, -0.2) is 13.2 Å². The number of benzene rings is 1. The average molecular weight is 261 g/mol. The van der Waals surface area contributed by atoms with E-state index in [2.05, 4.69) is 43.4 Å².